The molecule has 1 N–H and O–H groups in total. The smallest absolute Gasteiger partial charge is 0.243 e. The van der Waals surface area contributed by atoms with Crippen LogP contribution >= 0.6 is 15.9 Å². The maximum atomic E-state index is 12.4. The highest BCUT2D eigenvalue weighted by molar-refractivity contribution is 9.10. The number of ether oxygens (including phenoxy) is 1. The van der Waals surface area contributed by atoms with Gasteiger partial charge in [-0.2, -0.15) is 4.72 Å². The van der Waals surface area contributed by atoms with Gasteiger partial charge in [-0.05, 0) is 41.1 Å². The third-order valence-electron chi connectivity index (χ3n) is 3.46. The van der Waals surface area contributed by atoms with Gasteiger partial charge in [0.25, 0.3) is 0 Å². The van der Waals surface area contributed by atoms with E-state index in [4.69, 9.17) is 4.74 Å². The first-order valence-corrected chi connectivity index (χ1v) is 8.89. The minimum absolute atomic E-state index is 0.199. The first-order valence-electron chi connectivity index (χ1n) is 6.62. The van der Waals surface area contributed by atoms with Crippen molar-refractivity contribution in [2.45, 2.75) is 18.0 Å². The van der Waals surface area contributed by atoms with E-state index in [1.165, 1.54) is 0 Å². The summed E-state index contributed by atoms with van der Waals surface area (Å²) in [5, 5.41) is 0. The van der Waals surface area contributed by atoms with E-state index in [1.54, 1.807) is 24.3 Å². The lowest BCUT2D eigenvalue weighted by Crippen LogP contribution is -2.37. The Morgan fingerprint density at radius 3 is 2.50 bits per heavy atom. The summed E-state index contributed by atoms with van der Waals surface area (Å²) in [5.74, 6) is 0.601. The van der Waals surface area contributed by atoms with E-state index >= 15 is 0 Å². The zero-order valence-corrected chi connectivity index (χ0v) is 14.2. The van der Waals surface area contributed by atoms with Crippen LogP contribution in [-0.2, 0) is 10.0 Å². The molecule has 0 aliphatic carbocycles. The van der Waals surface area contributed by atoms with Crippen molar-refractivity contribution in [2.75, 3.05) is 0 Å². The highest BCUT2D eigenvalue weighted by atomic mass is 79.9. The minimum Gasteiger partial charge on any atom is -0.468 e. The molecule has 1 unspecified atom stereocenters. The fourth-order valence-electron chi connectivity index (χ4n) is 2.23. The Morgan fingerprint density at radius 2 is 1.86 bits per heavy atom. The zero-order valence-electron chi connectivity index (χ0n) is 11.8. The average molecular weight is 380 g/mol. The second-order valence-electron chi connectivity index (χ2n) is 5.07. The van der Waals surface area contributed by atoms with Crippen LogP contribution in [0.2, 0.25) is 0 Å². The summed E-state index contributed by atoms with van der Waals surface area (Å²) in [4.78, 5) is 0.199. The second-order valence-corrected chi connectivity index (χ2v) is 7.64. The van der Waals surface area contributed by atoms with Crippen LogP contribution < -0.4 is 9.46 Å². The van der Waals surface area contributed by atoms with Crippen molar-refractivity contribution >= 4 is 31.5 Å². The van der Waals surface area contributed by atoms with Crippen molar-refractivity contribution in [2.24, 2.45) is 0 Å². The van der Waals surface area contributed by atoms with Gasteiger partial charge in [-0.25, -0.2) is 8.42 Å². The van der Waals surface area contributed by atoms with Gasteiger partial charge in [0.1, 0.15) is 5.75 Å². The zero-order chi connectivity index (χ0) is 15.9. The molecule has 4 nitrogen and oxygen atoms in total. The predicted molar refractivity (Wildman–Crippen MR) is 89.1 cm³/mol. The number of sulfonamides is 1. The van der Waals surface area contributed by atoms with Crippen LogP contribution in [-0.4, -0.2) is 14.6 Å². The van der Waals surface area contributed by atoms with Crippen molar-refractivity contribution in [3.8, 4) is 5.75 Å². The van der Waals surface area contributed by atoms with E-state index in [0.717, 1.165) is 15.6 Å². The Morgan fingerprint density at radius 1 is 1.18 bits per heavy atom. The largest absolute Gasteiger partial charge is 0.468 e. The van der Waals surface area contributed by atoms with Crippen molar-refractivity contribution in [3.63, 3.8) is 0 Å². The molecule has 1 aliphatic heterocycles. The molecular weight excluding hydrogens is 366 g/mol. The lowest BCUT2D eigenvalue weighted by atomic mass is 10.1. The molecule has 0 amide bonds. The Hall–Kier alpha value is -1.63. The molecule has 0 aromatic heterocycles. The van der Waals surface area contributed by atoms with Crippen LogP contribution in [0, 0.1) is 6.92 Å². The van der Waals surface area contributed by atoms with Gasteiger partial charge < -0.3 is 4.74 Å². The predicted octanol–water partition coefficient (Wildman–Crippen LogP) is 3.47. The topological polar surface area (TPSA) is 55.4 Å². The van der Waals surface area contributed by atoms with Crippen molar-refractivity contribution < 1.29 is 13.2 Å². The maximum absolute atomic E-state index is 12.4. The van der Waals surface area contributed by atoms with Crippen molar-refractivity contribution in [1.82, 2.24) is 4.72 Å². The molecule has 114 valence electrons. The maximum Gasteiger partial charge on any atom is 0.243 e. The number of hydrogen-bond acceptors (Lipinski definition) is 3. The van der Waals surface area contributed by atoms with Gasteiger partial charge in [-0.15, -0.1) is 0 Å². The van der Waals surface area contributed by atoms with Crippen LogP contribution in [0.25, 0.3) is 5.57 Å². The summed E-state index contributed by atoms with van der Waals surface area (Å²) in [5.41, 5.74) is 2.38. The Bertz CT molecular complexity index is 844. The van der Waals surface area contributed by atoms with E-state index in [0.29, 0.717) is 11.3 Å². The van der Waals surface area contributed by atoms with E-state index in [9.17, 15) is 8.42 Å². The molecule has 2 aromatic carbocycles. The van der Waals surface area contributed by atoms with Crippen LogP contribution in [0.15, 0.2) is 58.4 Å². The van der Waals surface area contributed by atoms with Gasteiger partial charge in [0.2, 0.25) is 10.0 Å². The Labute approximate surface area is 138 Å². The van der Waals surface area contributed by atoms with E-state index in [2.05, 4.69) is 27.2 Å². The molecule has 2 aromatic rings. The molecule has 3 rings (SSSR count). The molecule has 0 saturated carbocycles. The Kier molecular flexibility index (Phi) is 3.84. The molecule has 22 heavy (non-hydrogen) atoms. The fraction of sp³-hybridized carbons (Fsp3) is 0.125. The molecular formula is C16H14BrNO3S. The monoisotopic (exact) mass is 379 g/mol. The SMILES string of the molecule is C=C1c2cccc(Br)c2OC1NS(=O)(=O)c1ccc(C)cc1. The first kappa shape index (κ1) is 15.3. The quantitative estimate of drug-likeness (QED) is 0.887. The number of fused-ring (bicyclic) bond motifs is 1. The summed E-state index contributed by atoms with van der Waals surface area (Å²) in [6.45, 7) is 5.84. The number of rotatable bonds is 3. The van der Waals surface area contributed by atoms with E-state index < -0.39 is 16.3 Å². The molecule has 1 heterocycles. The summed E-state index contributed by atoms with van der Waals surface area (Å²) in [6.07, 6.45) is -0.806. The average Bonchev–Trinajstić information content (AvgIpc) is 2.78. The number of halogens is 1. The lowest BCUT2D eigenvalue weighted by Gasteiger charge is -2.14. The highest BCUT2D eigenvalue weighted by Crippen LogP contribution is 2.41. The first-order chi connectivity index (χ1) is 10.4. The summed E-state index contributed by atoms with van der Waals surface area (Å²) >= 11 is 3.39. The summed E-state index contributed by atoms with van der Waals surface area (Å²) in [6, 6.07) is 12.2. The number of nitrogens with one attached hydrogen (secondary N) is 1. The normalized spacial score (nSPS) is 17.2. The number of aryl methyl sites for hydroxylation is 1. The lowest BCUT2D eigenvalue weighted by molar-refractivity contribution is 0.263. The number of benzene rings is 2. The highest BCUT2D eigenvalue weighted by Gasteiger charge is 2.32. The van der Waals surface area contributed by atoms with Crippen LogP contribution in [0.3, 0.4) is 0 Å². The van der Waals surface area contributed by atoms with Crippen molar-refractivity contribution in [3.05, 3.63) is 64.6 Å². The van der Waals surface area contributed by atoms with Gasteiger partial charge in [0.15, 0.2) is 6.23 Å². The fourth-order valence-corrected chi connectivity index (χ4v) is 3.80. The molecule has 1 atom stereocenters. The number of para-hydroxylation sites is 1. The van der Waals surface area contributed by atoms with Gasteiger partial charge >= 0.3 is 0 Å². The van der Waals surface area contributed by atoms with Crippen LogP contribution in [0.5, 0.6) is 5.75 Å². The van der Waals surface area contributed by atoms with Gasteiger partial charge in [0, 0.05) is 11.1 Å². The second kappa shape index (κ2) is 5.53. The third kappa shape index (κ3) is 2.69. The Balaban J connectivity index is 1.87. The molecule has 0 saturated heterocycles. The van der Waals surface area contributed by atoms with Gasteiger partial charge in [-0.1, -0.05) is 36.4 Å². The molecule has 0 bridgehead atoms. The molecule has 0 fully saturated rings. The van der Waals surface area contributed by atoms with Crippen molar-refractivity contribution in [1.29, 1.82) is 0 Å². The summed E-state index contributed by atoms with van der Waals surface area (Å²) < 4.78 is 33.9. The van der Waals surface area contributed by atoms with Gasteiger partial charge in [-0.3, -0.25) is 0 Å². The van der Waals surface area contributed by atoms with E-state index in [1.807, 2.05) is 25.1 Å². The molecule has 6 heteroatoms. The van der Waals surface area contributed by atoms with Gasteiger partial charge in [0.05, 0.1) is 9.37 Å². The van der Waals surface area contributed by atoms with Crippen LogP contribution in [0.1, 0.15) is 11.1 Å². The standard InChI is InChI=1S/C16H14BrNO3S/c1-10-6-8-12(9-7-10)22(19,20)18-16-11(2)13-4-3-5-14(17)15(13)21-16/h3-9,16,18H,2H2,1H3. The molecule has 0 radical (unpaired) electrons. The number of hydrogen-bond donors (Lipinski definition) is 1. The molecule has 0 spiro atoms. The minimum atomic E-state index is -3.68. The summed E-state index contributed by atoms with van der Waals surface area (Å²) in [7, 11) is -3.68. The molecule has 1 aliphatic rings. The van der Waals surface area contributed by atoms with E-state index in [-0.39, 0.29) is 4.90 Å². The van der Waals surface area contributed by atoms with Crippen LogP contribution in [0.4, 0.5) is 0 Å². The third-order valence-corrected chi connectivity index (χ3v) is 5.50.